The van der Waals surface area contributed by atoms with Gasteiger partial charge in [-0.1, -0.05) is 12.1 Å². The minimum absolute atomic E-state index is 0.00546. The highest BCUT2D eigenvalue weighted by atomic mass is 32.2. The van der Waals surface area contributed by atoms with Gasteiger partial charge >= 0.3 is 0 Å². The summed E-state index contributed by atoms with van der Waals surface area (Å²) in [5, 5.41) is 8.66. The van der Waals surface area contributed by atoms with Gasteiger partial charge in [-0.15, -0.1) is 0 Å². The van der Waals surface area contributed by atoms with Crippen LogP contribution < -0.4 is 0 Å². The maximum atomic E-state index is 10.7. The zero-order valence-electron chi connectivity index (χ0n) is 12.9. The van der Waals surface area contributed by atoms with E-state index in [0.29, 0.717) is 5.69 Å². The Kier molecular flexibility index (Phi) is 7.10. The van der Waals surface area contributed by atoms with E-state index in [0.717, 1.165) is 23.1 Å². The van der Waals surface area contributed by atoms with E-state index in [9.17, 15) is 8.42 Å². The fourth-order valence-corrected chi connectivity index (χ4v) is 1.84. The first-order chi connectivity index (χ1) is 10.3. The lowest BCUT2D eigenvalue weighted by molar-refractivity contribution is 0.276. The number of rotatable bonds is 4. The number of aliphatic hydroxyl groups excluding tert-OH is 1. The van der Waals surface area contributed by atoms with E-state index in [1.54, 1.807) is 18.5 Å². The van der Waals surface area contributed by atoms with Gasteiger partial charge < -0.3 is 5.11 Å². The third-order valence-electron chi connectivity index (χ3n) is 2.80. The molecule has 0 aliphatic heterocycles. The average molecular weight is 324 g/mol. The molecule has 2 aromatic rings. The quantitative estimate of drug-likeness (QED) is 0.862. The zero-order chi connectivity index (χ0) is 16.6. The van der Waals surface area contributed by atoms with Crippen molar-refractivity contribution in [2.24, 2.45) is 0 Å². The Balaban J connectivity index is 0.000000235. The van der Waals surface area contributed by atoms with Crippen LogP contribution in [0.15, 0.2) is 36.7 Å². The first-order valence-electron chi connectivity index (χ1n) is 6.59. The Hall–Kier alpha value is -1.83. The molecule has 0 aromatic carbocycles. The van der Waals surface area contributed by atoms with Crippen LogP contribution >= 0.6 is 0 Å². The van der Waals surface area contributed by atoms with Gasteiger partial charge in [-0.2, -0.15) is 8.42 Å². The average Bonchev–Trinajstić information content (AvgIpc) is 2.47. The molecule has 2 heterocycles. The number of nitrogens with zero attached hydrogens (tertiary/aromatic N) is 2. The van der Waals surface area contributed by atoms with Gasteiger partial charge in [0.25, 0.3) is 10.1 Å². The molecule has 0 radical (unpaired) electrons. The summed E-state index contributed by atoms with van der Waals surface area (Å²) in [4.78, 5) is 7.94. The van der Waals surface area contributed by atoms with E-state index in [1.807, 2.05) is 32.0 Å². The van der Waals surface area contributed by atoms with Crippen molar-refractivity contribution in [2.75, 3.05) is 6.26 Å². The second-order valence-electron chi connectivity index (χ2n) is 4.66. The fourth-order valence-electron chi connectivity index (χ4n) is 1.52. The molecule has 0 unspecified atom stereocenters. The van der Waals surface area contributed by atoms with E-state index in [-0.39, 0.29) is 13.2 Å². The Bertz CT molecular complexity index is 702. The molecule has 2 rings (SSSR count). The van der Waals surface area contributed by atoms with Crippen LogP contribution in [0.4, 0.5) is 0 Å². The van der Waals surface area contributed by atoms with Gasteiger partial charge in [0.2, 0.25) is 0 Å². The molecule has 0 bridgehead atoms. The largest absolute Gasteiger partial charge is 0.390 e. The Labute approximate surface area is 131 Å². The smallest absolute Gasteiger partial charge is 0.264 e. The molecule has 2 aromatic heterocycles. The van der Waals surface area contributed by atoms with Gasteiger partial charge in [0.05, 0.1) is 24.3 Å². The van der Waals surface area contributed by atoms with Crippen LogP contribution in [-0.4, -0.2) is 29.7 Å². The van der Waals surface area contributed by atoms with Crippen LogP contribution in [0.25, 0.3) is 0 Å². The lowest BCUT2D eigenvalue weighted by Crippen LogP contribution is -2.04. The second-order valence-corrected chi connectivity index (χ2v) is 6.30. The molecule has 0 saturated carbocycles. The van der Waals surface area contributed by atoms with Crippen molar-refractivity contribution in [3.8, 4) is 0 Å². The van der Waals surface area contributed by atoms with E-state index in [4.69, 9.17) is 5.11 Å². The van der Waals surface area contributed by atoms with Gasteiger partial charge in [-0.25, -0.2) is 0 Å². The molecule has 0 saturated heterocycles. The first-order valence-corrected chi connectivity index (χ1v) is 8.41. The summed E-state index contributed by atoms with van der Waals surface area (Å²) in [7, 11) is -3.38. The van der Waals surface area contributed by atoms with Crippen LogP contribution in [0, 0.1) is 13.8 Å². The van der Waals surface area contributed by atoms with E-state index in [1.165, 1.54) is 0 Å². The SMILES string of the molecule is Cc1cccnc1CO.Cc1cccnc1COS(C)(=O)=O. The number of aliphatic hydroxyl groups is 1. The molecule has 0 aliphatic carbocycles. The highest BCUT2D eigenvalue weighted by Crippen LogP contribution is 2.05. The molecule has 22 heavy (non-hydrogen) atoms. The number of hydrogen-bond donors (Lipinski definition) is 1. The second kappa shape index (κ2) is 8.57. The number of pyridine rings is 2. The summed E-state index contributed by atoms with van der Waals surface area (Å²) in [6.45, 7) is 3.82. The highest BCUT2D eigenvalue weighted by molar-refractivity contribution is 7.85. The van der Waals surface area contributed by atoms with Crippen LogP contribution in [-0.2, 0) is 27.5 Å². The van der Waals surface area contributed by atoms with Crippen LogP contribution in [0.1, 0.15) is 22.5 Å². The van der Waals surface area contributed by atoms with E-state index >= 15 is 0 Å². The van der Waals surface area contributed by atoms with Gasteiger partial charge in [0, 0.05) is 12.4 Å². The number of aromatic nitrogens is 2. The predicted octanol–water partition coefficient (Wildman–Crippen LogP) is 1.75. The molecule has 120 valence electrons. The van der Waals surface area contributed by atoms with Gasteiger partial charge in [0.1, 0.15) is 6.61 Å². The summed E-state index contributed by atoms with van der Waals surface area (Å²) in [6, 6.07) is 7.43. The van der Waals surface area contributed by atoms with Crippen molar-refractivity contribution in [3.05, 3.63) is 59.2 Å². The highest BCUT2D eigenvalue weighted by Gasteiger charge is 2.04. The molecule has 7 heteroatoms. The van der Waals surface area contributed by atoms with E-state index in [2.05, 4.69) is 14.2 Å². The van der Waals surface area contributed by atoms with Crippen molar-refractivity contribution in [2.45, 2.75) is 27.1 Å². The van der Waals surface area contributed by atoms with Crippen LogP contribution in [0.5, 0.6) is 0 Å². The molecule has 0 amide bonds. The van der Waals surface area contributed by atoms with Gasteiger partial charge in [0.15, 0.2) is 0 Å². The molecule has 0 aliphatic rings. The summed E-state index contributed by atoms with van der Waals surface area (Å²) in [5.41, 5.74) is 3.37. The van der Waals surface area contributed by atoms with Crippen molar-refractivity contribution < 1.29 is 17.7 Å². The van der Waals surface area contributed by atoms with Crippen molar-refractivity contribution in [1.29, 1.82) is 0 Å². The van der Waals surface area contributed by atoms with Crippen molar-refractivity contribution >= 4 is 10.1 Å². The van der Waals surface area contributed by atoms with Gasteiger partial charge in [-0.3, -0.25) is 14.2 Å². The predicted molar refractivity (Wildman–Crippen MR) is 83.5 cm³/mol. The monoisotopic (exact) mass is 324 g/mol. The summed E-state index contributed by atoms with van der Waals surface area (Å²) in [5.74, 6) is 0. The third kappa shape index (κ3) is 6.75. The minimum atomic E-state index is -3.38. The van der Waals surface area contributed by atoms with Gasteiger partial charge in [-0.05, 0) is 37.1 Å². The lowest BCUT2D eigenvalue weighted by Gasteiger charge is -2.03. The summed E-state index contributed by atoms with van der Waals surface area (Å²) < 4.78 is 25.9. The molecule has 0 atom stereocenters. The van der Waals surface area contributed by atoms with Crippen molar-refractivity contribution in [3.63, 3.8) is 0 Å². The molecule has 1 N–H and O–H groups in total. The fraction of sp³-hybridized carbons (Fsp3) is 0.333. The lowest BCUT2D eigenvalue weighted by atomic mass is 10.2. The standard InChI is InChI=1S/C8H11NO3S.C7H9NO/c1-7-4-3-5-9-8(7)6-12-13(2,10)11;1-6-3-2-4-8-7(6)5-9/h3-5H,6H2,1-2H3;2-4,9H,5H2,1H3. The summed E-state index contributed by atoms with van der Waals surface area (Å²) >= 11 is 0. The molecule has 6 nitrogen and oxygen atoms in total. The topological polar surface area (TPSA) is 89.4 Å². The maximum absolute atomic E-state index is 10.7. The molecular weight excluding hydrogens is 304 g/mol. The Morgan fingerprint density at radius 2 is 1.55 bits per heavy atom. The Morgan fingerprint density at radius 1 is 1.05 bits per heavy atom. The maximum Gasteiger partial charge on any atom is 0.264 e. The first kappa shape index (κ1) is 18.2. The van der Waals surface area contributed by atoms with E-state index < -0.39 is 10.1 Å². The van der Waals surface area contributed by atoms with Crippen LogP contribution in [0.3, 0.4) is 0 Å². The molecule has 0 fully saturated rings. The number of aryl methyl sites for hydroxylation is 2. The van der Waals surface area contributed by atoms with Crippen LogP contribution in [0.2, 0.25) is 0 Å². The van der Waals surface area contributed by atoms with Crippen molar-refractivity contribution in [1.82, 2.24) is 9.97 Å². The molecular formula is C15H20N2O4S. The summed E-state index contributed by atoms with van der Waals surface area (Å²) in [6.07, 6.45) is 4.30. The Morgan fingerprint density at radius 3 is 1.91 bits per heavy atom. The normalized spacial score (nSPS) is 10.7. The molecule has 0 spiro atoms. The minimum Gasteiger partial charge on any atom is -0.390 e. The third-order valence-corrected chi connectivity index (χ3v) is 3.34. The number of hydrogen-bond acceptors (Lipinski definition) is 6. The zero-order valence-corrected chi connectivity index (χ0v) is 13.7.